The number of hydrogen-bond donors (Lipinski definition) is 1. The molecule has 0 aliphatic rings. The molecular formula is C17H20N2O2. The van der Waals surface area contributed by atoms with Gasteiger partial charge in [-0.05, 0) is 42.0 Å². The molecule has 2 N–H and O–H groups in total. The summed E-state index contributed by atoms with van der Waals surface area (Å²) in [5, 5.41) is 10.8. The molecule has 2 rings (SSSR count). The fraction of sp³-hybridized carbons (Fsp3) is 0.294. The largest absolute Gasteiger partial charge is 0.330 e. The van der Waals surface area contributed by atoms with E-state index in [1.807, 2.05) is 18.2 Å². The molecule has 110 valence electrons. The number of hydrogen-bond acceptors (Lipinski definition) is 3. The highest BCUT2D eigenvalue weighted by Gasteiger charge is 2.07. The van der Waals surface area contributed by atoms with Gasteiger partial charge in [-0.15, -0.1) is 0 Å². The van der Waals surface area contributed by atoms with Crippen LogP contribution in [0.15, 0.2) is 48.5 Å². The zero-order chi connectivity index (χ0) is 15.2. The number of non-ortho nitro benzene ring substituents is 1. The normalized spacial score (nSPS) is 12.1. The van der Waals surface area contributed by atoms with Crippen molar-refractivity contribution < 1.29 is 4.92 Å². The molecule has 4 heteroatoms. The molecule has 0 fully saturated rings. The number of rotatable bonds is 6. The van der Waals surface area contributed by atoms with Gasteiger partial charge in [0.05, 0.1) is 4.92 Å². The van der Waals surface area contributed by atoms with Crippen LogP contribution in [0.5, 0.6) is 0 Å². The van der Waals surface area contributed by atoms with Crippen molar-refractivity contribution in [3.63, 3.8) is 0 Å². The van der Waals surface area contributed by atoms with Crippen LogP contribution in [0, 0.1) is 16.0 Å². The summed E-state index contributed by atoms with van der Waals surface area (Å²) in [5.74, 6) is 0.568. The Labute approximate surface area is 124 Å². The van der Waals surface area contributed by atoms with Gasteiger partial charge in [-0.3, -0.25) is 10.1 Å². The third-order valence-corrected chi connectivity index (χ3v) is 3.59. The summed E-state index contributed by atoms with van der Waals surface area (Å²) in [5.41, 5.74) is 8.81. The molecule has 0 radical (unpaired) electrons. The van der Waals surface area contributed by atoms with Gasteiger partial charge in [0.25, 0.3) is 5.69 Å². The van der Waals surface area contributed by atoms with Crippen LogP contribution in [-0.4, -0.2) is 11.5 Å². The van der Waals surface area contributed by atoms with E-state index in [0.29, 0.717) is 12.5 Å². The maximum Gasteiger partial charge on any atom is 0.270 e. The van der Waals surface area contributed by atoms with Crippen LogP contribution < -0.4 is 5.73 Å². The molecule has 0 heterocycles. The number of nitrogens with zero attached hydrogens (tertiary/aromatic N) is 1. The van der Waals surface area contributed by atoms with Crippen molar-refractivity contribution in [2.75, 3.05) is 6.54 Å². The topological polar surface area (TPSA) is 69.2 Å². The van der Waals surface area contributed by atoms with E-state index in [1.165, 1.54) is 11.6 Å². The molecule has 0 aromatic heterocycles. The molecule has 1 atom stereocenters. The molecule has 0 bridgehead atoms. The summed E-state index contributed by atoms with van der Waals surface area (Å²) < 4.78 is 0. The second kappa shape index (κ2) is 6.99. The number of nitro groups is 1. The zero-order valence-corrected chi connectivity index (χ0v) is 12.2. The van der Waals surface area contributed by atoms with Crippen molar-refractivity contribution in [3.8, 4) is 11.1 Å². The van der Waals surface area contributed by atoms with Crippen LogP contribution in [0.3, 0.4) is 0 Å². The third-order valence-electron chi connectivity index (χ3n) is 3.59. The Morgan fingerprint density at radius 2 is 1.86 bits per heavy atom. The summed E-state index contributed by atoms with van der Waals surface area (Å²) in [4.78, 5) is 10.4. The predicted molar refractivity (Wildman–Crippen MR) is 85.1 cm³/mol. The lowest BCUT2D eigenvalue weighted by Gasteiger charge is -2.10. The monoisotopic (exact) mass is 284 g/mol. The Bertz CT molecular complexity index is 608. The standard InChI is InChI=1S/C17H20N2O2/c1-13(9-10-18)11-14-5-7-15(8-6-14)16-3-2-4-17(12-16)19(20)21/h2-8,12-13H,9-11,18H2,1H3. The molecular weight excluding hydrogens is 264 g/mol. The maximum absolute atomic E-state index is 10.8. The van der Waals surface area contributed by atoms with Crippen LogP contribution in [0.2, 0.25) is 0 Å². The molecule has 0 saturated heterocycles. The molecule has 0 aliphatic carbocycles. The highest BCUT2D eigenvalue weighted by atomic mass is 16.6. The highest BCUT2D eigenvalue weighted by Crippen LogP contribution is 2.24. The van der Waals surface area contributed by atoms with Crippen LogP contribution in [0.4, 0.5) is 5.69 Å². The quantitative estimate of drug-likeness (QED) is 0.648. The van der Waals surface area contributed by atoms with E-state index in [-0.39, 0.29) is 10.6 Å². The fourth-order valence-electron chi connectivity index (χ4n) is 2.42. The molecule has 0 aliphatic heterocycles. The van der Waals surface area contributed by atoms with Gasteiger partial charge in [0.2, 0.25) is 0 Å². The molecule has 0 saturated carbocycles. The van der Waals surface area contributed by atoms with Gasteiger partial charge in [0.15, 0.2) is 0 Å². The van der Waals surface area contributed by atoms with Crippen molar-refractivity contribution in [2.24, 2.45) is 11.7 Å². The minimum absolute atomic E-state index is 0.119. The first-order chi connectivity index (χ1) is 10.1. The second-order valence-corrected chi connectivity index (χ2v) is 5.39. The molecule has 0 amide bonds. The van der Waals surface area contributed by atoms with E-state index in [0.717, 1.165) is 24.0 Å². The lowest BCUT2D eigenvalue weighted by molar-refractivity contribution is -0.384. The van der Waals surface area contributed by atoms with Gasteiger partial charge >= 0.3 is 0 Å². The minimum Gasteiger partial charge on any atom is -0.330 e. The Balaban J connectivity index is 2.15. The van der Waals surface area contributed by atoms with E-state index in [4.69, 9.17) is 5.73 Å². The first-order valence-corrected chi connectivity index (χ1v) is 7.14. The van der Waals surface area contributed by atoms with Crippen molar-refractivity contribution in [1.82, 2.24) is 0 Å². The molecule has 2 aromatic carbocycles. The molecule has 2 aromatic rings. The van der Waals surface area contributed by atoms with Crippen LogP contribution in [-0.2, 0) is 6.42 Å². The number of benzene rings is 2. The maximum atomic E-state index is 10.8. The van der Waals surface area contributed by atoms with Gasteiger partial charge in [0.1, 0.15) is 0 Å². The smallest absolute Gasteiger partial charge is 0.270 e. The van der Waals surface area contributed by atoms with Crippen LogP contribution >= 0.6 is 0 Å². The third kappa shape index (κ3) is 4.13. The summed E-state index contributed by atoms with van der Waals surface area (Å²) >= 11 is 0. The molecule has 21 heavy (non-hydrogen) atoms. The first-order valence-electron chi connectivity index (χ1n) is 7.14. The summed E-state index contributed by atoms with van der Waals surface area (Å²) in [7, 11) is 0. The Kier molecular flexibility index (Phi) is 5.06. The zero-order valence-electron chi connectivity index (χ0n) is 12.2. The van der Waals surface area contributed by atoms with Gasteiger partial charge in [-0.2, -0.15) is 0 Å². The van der Waals surface area contributed by atoms with Crippen molar-refractivity contribution in [1.29, 1.82) is 0 Å². The molecule has 1 unspecified atom stereocenters. The summed E-state index contributed by atoms with van der Waals surface area (Å²) in [6.45, 7) is 2.91. The fourth-order valence-corrected chi connectivity index (χ4v) is 2.42. The first kappa shape index (κ1) is 15.2. The Hall–Kier alpha value is -2.20. The van der Waals surface area contributed by atoms with Crippen LogP contribution in [0.1, 0.15) is 18.9 Å². The van der Waals surface area contributed by atoms with Crippen molar-refractivity contribution >= 4 is 5.69 Å². The van der Waals surface area contributed by atoms with Gasteiger partial charge in [0, 0.05) is 12.1 Å². The molecule has 4 nitrogen and oxygen atoms in total. The van der Waals surface area contributed by atoms with Gasteiger partial charge < -0.3 is 5.73 Å². The SMILES string of the molecule is CC(CCN)Cc1ccc(-c2cccc([N+](=O)[O-])c2)cc1. The second-order valence-electron chi connectivity index (χ2n) is 5.39. The molecule has 0 spiro atoms. The van der Waals surface area contributed by atoms with E-state index in [2.05, 4.69) is 19.1 Å². The predicted octanol–water partition coefficient (Wildman–Crippen LogP) is 3.79. The lowest BCUT2D eigenvalue weighted by atomic mass is 9.96. The number of nitrogens with two attached hydrogens (primary N) is 1. The van der Waals surface area contributed by atoms with Crippen molar-refractivity contribution in [3.05, 3.63) is 64.2 Å². The minimum atomic E-state index is -0.369. The lowest BCUT2D eigenvalue weighted by Crippen LogP contribution is -2.07. The van der Waals surface area contributed by atoms with Crippen molar-refractivity contribution in [2.45, 2.75) is 19.8 Å². The highest BCUT2D eigenvalue weighted by molar-refractivity contribution is 5.66. The van der Waals surface area contributed by atoms with Crippen LogP contribution in [0.25, 0.3) is 11.1 Å². The summed E-state index contributed by atoms with van der Waals surface area (Å²) in [6, 6.07) is 14.9. The average Bonchev–Trinajstić information content (AvgIpc) is 2.48. The average molecular weight is 284 g/mol. The van der Waals surface area contributed by atoms with Gasteiger partial charge in [-0.25, -0.2) is 0 Å². The van der Waals surface area contributed by atoms with E-state index in [1.54, 1.807) is 12.1 Å². The van der Waals surface area contributed by atoms with E-state index >= 15 is 0 Å². The Morgan fingerprint density at radius 1 is 1.14 bits per heavy atom. The summed E-state index contributed by atoms with van der Waals surface area (Å²) in [6.07, 6.45) is 2.03. The van der Waals surface area contributed by atoms with E-state index < -0.39 is 0 Å². The van der Waals surface area contributed by atoms with E-state index in [9.17, 15) is 10.1 Å². The Morgan fingerprint density at radius 3 is 2.48 bits per heavy atom. The van der Waals surface area contributed by atoms with Gasteiger partial charge in [-0.1, -0.05) is 43.3 Å². The number of nitro benzene ring substituents is 1.